The highest BCUT2D eigenvalue weighted by Gasteiger charge is 1.97. The molecule has 1 rings (SSSR count). The van der Waals surface area contributed by atoms with Crippen molar-refractivity contribution in [3.05, 3.63) is 29.0 Å². The third-order valence-corrected chi connectivity index (χ3v) is 2.04. The van der Waals surface area contributed by atoms with Gasteiger partial charge >= 0.3 is 0 Å². The first-order valence-electron chi connectivity index (χ1n) is 3.49. The molecule has 0 aromatic carbocycles. The van der Waals surface area contributed by atoms with E-state index >= 15 is 0 Å². The summed E-state index contributed by atoms with van der Waals surface area (Å²) >= 11 is 11.4. The van der Waals surface area contributed by atoms with Crippen LogP contribution in [0.1, 0.15) is 12.0 Å². The predicted molar refractivity (Wildman–Crippen MR) is 48.3 cm³/mol. The Kier molecular flexibility index (Phi) is 3.67. The molecule has 3 heteroatoms. The summed E-state index contributed by atoms with van der Waals surface area (Å²) in [5.74, 6) is 0.679. The average Bonchev–Trinajstić information content (AvgIpc) is 2.03. The molecule has 0 saturated heterocycles. The molecule has 0 spiro atoms. The van der Waals surface area contributed by atoms with Crippen LogP contribution >= 0.6 is 23.2 Å². The van der Waals surface area contributed by atoms with Crippen LogP contribution in [0.3, 0.4) is 0 Å². The fourth-order valence-corrected chi connectivity index (χ4v) is 1.21. The molecule has 0 fully saturated rings. The second kappa shape index (κ2) is 4.58. The van der Waals surface area contributed by atoms with Crippen molar-refractivity contribution in [1.29, 1.82) is 0 Å². The van der Waals surface area contributed by atoms with Gasteiger partial charge in [-0.1, -0.05) is 11.6 Å². The number of halogens is 2. The molecule has 60 valence electrons. The molecule has 0 atom stereocenters. The van der Waals surface area contributed by atoms with Crippen LogP contribution in [0, 0.1) is 0 Å². The third kappa shape index (κ3) is 2.68. The number of aromatic nitrogens is 1. The van der Waals surface area contributed by atoms with Crippen molar-refractivity contribution in [2.75, 3.05) is 5.88 Å². The number of pyridine rings is 1. The molecule has 0 radical (unpaired) electrons. The van der Waals surface area contributed by atoms with Crippen LogP contribution in [0.25, 0.3) is 0 Å². The number of nitrogens with zero attached hydrogens (tertiary/aromatic N) is 1. The molecule has 0 aliphatic carbocycles. The van der Waals surface area contributed by atoms with Crippen molar-refractivity contribution in [3.8, 4) is 0 Å². The van der Waals surface area contributed by atoms with Gasteiger partial charge in [0.1, 0.15) is 0 Å². The highest BCUT2D eigenvalue weighted by atomic mass is 35.5. The monoisotopic (exact) mass is 189 g/mol. The zero-order chi connectivity index (χ0) is 8.10. The first kappa shape index (κ1) is 8.82. The van der Waals surface area contributed by atoms with Crippen LogP contribution in [0.4, 0.5) is 0 Å². The minimum absolute atomic E-state index is 0.679. The summed E-state index contributed by atoms with van der Waals surface area (Å²) in [6, 6.07) is 1.93. The molecule has 0 amide bonds. The molecule has 0 aliphatic rings. The number of hydrogen-bond donors (Lipinski definition) is 0. The van der Waals surface area contributed by atoms with Crippen molar-refractivity contribution in [3.63, 3.8) is 0 Å². The van der Waals surface area contributed by atoms with E-state index in [-0.39, 0.29) is 0 Å². The lowest BCUT2D eigenvalue weighted by molar-refractivity contribution is 0.925. The van der Waals surface area contributed by atoms with Crippen molar-refractivity contribution < 1.29 is 0 Å². The molecule has 11 heavy (non-hydrogen) atoms. The van der Waals surface area contributed by atoms with Gasteiger partial charge in [-0.05, 0) is 24.5 Å². The summed E-state index contributed by atoms with van der Waals surface area (Å²) < 4.78 is 0. The SMILES string of the molecule is ClCCCc1ccncc1Cl. The third-order valence-electron chi connectivity index (χ3n) is 1.44. The van der Waals surface area contributed by atoms with Gasteiger partial charge < -0.3 is 0 Å². The summed E-state index contributed by atoms with van der Waals surface area (Å²) in [4.78, 5) is 3.89. The highest BCUT2D eigenvalue weighted by Crippen LogP contribution is 2.14. The maximum atomic E-state index is 5.85. The van der Waals surface area contributed by atoms with Gasteiger partial charge in [-0.15, -0.1) is 11.6 Å². The molecule has 1 aromatic rings. The summed E-state index contributed by atoms with van der Waals surface area (Å²) in [7, 11) is 0. The second-order valence-corrected chi connectivity index (χ2v) is 3.04. The van der Waals surface area contributed by atoms with Crippen LogP contribution in [0.2, 0.25) is 5.02 Å². The Hall–Kier alpha value is -0.270. The minimum Gasteiger partial charge on any atom is -0.263 e. The van der Waals surface area contributed by atoms with E-state index in [2.05, 4.69) is 4.98 Å². The molecule has 1 aromatic heterocycles. The topological polar surface area (TPSA) is 12.9 Å². The van der Waals surface area contributed by atoms with Gasteiger partial charge in [0.2, 0.25) is 0 Å². The first-order valence-corrected chi connectivity index (χ1v) is 4.40. The summed E-state index contributed by atoms with van der Waals surface area (Å²) in [6.45, 7) is 0. The fraction of sp³-hybridized carbons (Fsp3) is 0.375. The van der Waals surface area contributed by atoms with Gasteiger partial charge in [0.25, 0.3) is 0 Å². The van der Waals surface area contributed by atoms with Crippen molar-refractivity contribution >= 4 is 23.2 Å². The largest absolute Gasteiger partial charge is 0.263 e. The highest BCUT2D eigenvalue weighted by molar-refractivity contribution is 6.31. The molecule has 1 nitrogen and oxygen atoms in total. The standard InChI is InChI=1S/C8H9Cl2N/c9-4-1-2-7-3-5-11-6-8(7)10/h3,5-6H,1-2,4H2. The van der Waals surface area contributed by atoms with E-state index in [9.17, 15) is 0 Å². The van der Waals surface area contributed by atoms with E-state index in [1.807, 2.05) is 6.07 Å². The fourth-order valence-electron chi connectivity index (χ4n) is 0.864. The average molecular weight is 190 g/mol. The maximum absolute atomic E-state index is 5.85. The Morgan fingerprint density at radius 3 is 2.91 bits per heavy atom. The van der Waals surface area contributed by atoms with E-state index in [0.717, 1.165) is 23.4 Å². The maximum Gasteiger partial charge on any atom is 0.0621 e. The zero-order valence-electron chi connectivity index (χ0n) is 6.06. The van der Waals surface area contributed by atoms with Gasteiger partial charge in [0.05, 0.1) is 5.02 Å². The van der Waals surface area contributed by atoms with E-state index in [1.165, 1.54) is 0 Å². The molecular weight excluding hydrogens is 181 g/mol. The number of hydrogen-bond acceptors (Lipinski definition) is 1. The molecule has 0 aliphatic heterocycles. The van der Waals surface area contributed by atoms with Crippen LogP contribution in [0.15, 0.2) is 18.5 Å². The van der Waals surface area contributed by atoms with E-state index in [1.54, 1.807) is 12.4 Å². The van der Waals surface area contributed by atoms with Gasteiger partial charge in [-0.3, -0.25) is 4.98 Å². The van der Waals surface area contributed by atoms with Crippen molar-refractivity contribution in [2.24, 2.45) is 0 Å². The normalized spacial score (nSPS) is 10.0. The Labute approximate surface area is 76.4 Å². The van der Waals surface area contributed by atoms with Crippen LogP contribution in [-0.2, 0) is 6.42 Å². The lowest BCUT2D eigenvalue weighted by atomic mass is 10.2. The lowest BCUT2D eigenvalue weighted by Crippen LogP contribution is -1.87. The molecular formula is C8H9Cl2N. The first-order chi connectivity index (χ1) is 5.34. The van der Waals surface area contributed by atoms with E-state index in [0.29, 0.717) is 5.88 Å². The second-order valence-electron chi connectivity index (χ2n) is 2.26. The van der Waals surface area contributed by atoms with Gasteiger partial charge in [-0.2, -0.15) is 0 Å². The summed E-state index contributed by atoms with van der Waals surface area (Å²) in [6.07, 6.45) is 5.30. The quantitative estimate of drug-likeness (QED) is 0.667. The summed E-state index contributed by atoms with van der Waals surface area (Å²) in [5, 5.41) is 0.734. The molecule has 0 N–H and O–H groups in total. The molecule has 1 heterocycles. The van der Waals surface area contributed by atoms with E-state index in [4.69, 9.17) is 23.2 Å². The minimum atomic E-state index is 0.679. The Morgan fingerprint density at radius 1 is 1.45 bits per heavy atom. The number of rotatable bonds is 3. The predicted octanol–water partition coefficient (Wildman–Crippen LogP) is 2.91. The zero-order valence-corrected chi connectivity index (χ0v) is 7.57. The van der Waals surface area contributed by atoms with Gasteiger partial charge in [0, 0.05) is 18.3 Å². The Bertz CT molecular complexity index is 225. The lowest BCUT2D eigenvalue weighted by Gasteiger charge is -1.99. The van der Waals surface area contributed by atoms with E-state index < -0.39 is 0 Å². The molecule has 0 saturated carbocycles. The van der Waals surface area contributed by atoms with Gasteiger partial charge in [0.15, 0.2) is 0 Å². The van der Waals surface area contributed by atoms with Crippen molar-refractivity contribution in [1.82, 2.24) is 4.98 Å². The molecule has 0 unspecified atom stereocenters. The van der Waals surface area contributed by atoms with Crippen LogP contribution in [0.5, 0.6) is 0 Å². The van der Waals surface area contributed by atoms with Gasteiger partial charge in [-0.25, -0.2) is 0 Å². The smallest absolute Gasteiger partial charge is 0.0621 e. The van der Waals surface area contributed by atoms with Crippen molar-refractivity contribution in [2.45, 2.75) is 12.8 Å². The summed E-state index contributed by atoms with van der Waals surface area (Å²) in [5.41, 5.74) is 1.13. The number of alkyl halides is 1. The molecule has 0 bridgehead atoms. The van der Waals surface area contributed by atoms with Crippen LogP contribution < -0.4 is 0 Å². The Morgan fingerprint density at radius 2 is 2.27 bits per heavy atom. The number of aryl methyl sites for hydroxylation is 1. The van der Waals surface area contributed by atoms with Crippen LogP contribution in [-0.4, -0.2) is 10.9 Å². The Balaban J connectivity index is 2.62.